The second-order valence-corrected chi connectivity index (χ2v) is 4.97. The summed E-state index contributed by atoms with van der Waals surface area (Å²) in [5.41, 5.74) is 1.02. The first-order valence-corrected chi connectivity index (χ1v) is 6.59. The summed E-state index contributed by atoms with van der Waals surface area (Å²) in [6.07, 6.45) is 0. The Kier molecular flexibility index (Phi) is 5.91. The number of hydrogen-bond donors (Lipinski definition) is 0. The predicted octanol–water partition coefficient (Wildman–Crippen LogP) is 4.62. The van der Waals surface area contributed by atoms with Gasteiger partial charge in [-0.3, -0.25) is 0 Å². The SMILES string of the molecule is CCN(CC)CC(Cl)c1ccc(Cl)c(Cl)c1. The third-order valence-corrected chi connectivity index (χ3v) is 3.75. The van der Waals surface area contributed by atoms with Gasteiger partial charge in [0.2, 0.25) is 0 Å². The molecular weight excluding hydrogens is 264 g/mol. The Balaban J connectivity index is 2.72. The van der Waals surface area contributed by atoms with E-state index in [0.717, 1.165) is 25.2 Å². The van der Waals surface area contributed by atoms with E-state index in [1.54, 1.807) is 6.07 Å². The molecule has 1 aromatic carbocycles. The molecule has 0 spiro atoms. The zero-order valence-electron chi connectivity index (χ0n) is 9.51. The van der Waals surface area contributed by atoms with Crippen molar-refractivity contribution < 1.29 is 0 Å². The third-order valence-electron chi connectivity index (χ3n) is 2.62. The zero-order chi connectivity index (χ0) is 12.1. The van der Waals surface area contributed by atoms with Crippen LogP contribution in [0.4, 0.5) is 0 Å². The molecule has 1 rings (SSSR count). The van der Waals surface area contributed by atoms with Crippen LogP contribution in [-0.4, -0.2) is 24.5 Å². The number of rotatable bonds is 5. The average Bonchev–Trinajstić information content (AvgIpc) is 2.29. The number of alkyl halides is 1. The van der Waals surface area contributed by atoms with E-state index in [1.165, 1.54) is 0 Å². The van der Waals surface area contributed by atoms with Crippen LogP contribution in [0.2, 0.25) is 10.0 Å². The molecule has 1 unspecified atom stereocenters. The molecule has 0 amide bonds. The van der Waals surface area contributed by atoms with Crippen molar-refractivity contribution in [3.63, 3.8) is 0 Å². The van der Waals surface area contributed by atoms with Crippen molar-refractivity contribution in [2.24, 2.45) is 0 Å². The molecular formula is C12H16Cl3N. The Hall–Kier alpha value is 0.0500. The van der Waals surface area contributed by atoms with E-state index in [4.69, 9.17) is 34.8 Å². The van der Waals surface area contributed by atoms with E-state index in [-0.39, 0.29) is 5.38 Å². The molecule has 1 atom stereocenters. The summed E-state index contributed by atoms with van der Waals surface area (Å²) in [6.45, 7) is 7.08. The zero-order valence-corrected chi connectivity index (χ0v) is 11.8. The van der Waals surface area contributed by atoms with Crippen molar-refractivity contribution in [1.82, 2.24) is 4.90 Å². The van der Waals surface area contributed by atoms with Crippen molar-refractivity contribution in [2.45, 2.75) is 19.2 Å². The first-order chi connectivity index (χ1) is 7.58. The van der Waals surface area contributed by atoms with Crippen molar-refractivity contribution in [1.29, 1.82) is 0 Å². The van der Waals surface area contributed by atoms with Gasteiger partial charge in [-0.2, -0.15) is 0 Å². The van der Waals surface area contributed by atoms with Gasteiger partial charge in [0, 0.05) is 6.54 Å². The van der Waals surface area contributed by atoms with Crippen molar-refractivity contribution in [2.75, 3.05) is 19.6 Å². The Morgan fingerprint density at radius 1 is 1.12 bits per heavy atom. The van der Waals surface area contributed by atoms with Crippen LogP contribution >= 0.6 is 34.8 Å². The fourth-order valence-electron chi connectivity index (χ4n) is 1.52. The smallest absolute Gasteiger partial charge is 0.0712 e. The molecule has 4 heteroatoms. The minimum absolute atomic E-state index is 0.0466. The van der Waals surface area contributed by atoms with Crippen molar-refractivity contribution in [3.05, 3.63) is 33.8 Å². The molecule has 1 aromatic rings. The van der Waals surface area contributed by atoms with Gasteiger partial charge in [0.05, 0.1) is 15.4 Å². The van der Waals surface area contributed by atoms with Crippen LogP contribution < -0.4 is 0 Å². The topological polar surface area (TPSA) is 3.24 Å². The van der Waals surface area contributed by atoms with Crippen LogP contribution in [0.1, 0.15) is 24.8 Å². The van der Waals surface area contributed by atoms with Gasteiger partial charge in [0.15, 0.2) is 0 Å². The maximum Gasteiger partial charge on any atom is 0.0712 e. The highest BCUT2D eigenvalue weighted by molar-refractivity contribution is 6.42. The van der Waals surface area contributed by atoms with Gasteiger partial charge in [0.25, 0.3) is 0 Å². The Bertz CT molecular complexity index is 337. The molecule has 0 heterocycles. The van der Waals surface area contributed by atoms with E-state index in [0.29, 0.717) is 10.0 Å². The van der Waals surface area contributed by atoms with Crippen LogP contribution in [0.25, 0.3) is 0 Å². The highest BCUT2D eigenvalue weighted by atomic mass is 35.5. The summed E-state index contributed by atoms with van der Waals surface area (Å²) < 4.78 is 0. The molecule has 0 aromatic heterocycles. The number of hydrogen-bond acceptors (Lipinski definition) is 1. The van der Waals surface area contributed by atoms with E-state index in [1.807, 2.05) is 12.1 Å². The summed E-state index contributed by atoms with van der Waals surface area (Å²) in [5.74, 6) is 0. The molecule has 0 saturated carbocycles. The normalized spacial score (nSPS) is 13.1. The number of benzene rings is 1. The Labute approximate surface area is 112 Å². The van der Waals surface area contributed by atoms with Gasteiger partial charge >= 0.3 is 0 Å². The molecule has 0 aliphatic rings. The van der Waals surface area contributed by atoms with Gasteiger partial charge in [-0.05, 0) is 30.8 Å². The minimum Gasteiger partial charge on any atom is -0.302 e. The number of halogens is 3. The number of likely N-dealkylation sites (N-methyl/N-ethyl adjacent to an activating group) is 1. The maximum absolute atomic E-state index is 6.34. The molecule has 0 bridgehead atoms. The lowest BCUT2D eigenvalue weighted by Gasteiger charge is -2.21. The lowest BCUT2D eigenvalue weighted by molar-refractivity contribution is 0.304. The molecule has 0 fully saturated rings. The molecule has 1 nitrogen and oxygen atoms in total. The van der Waals surface area contributed by atoms with Gasteiger partial charge in [-0.15, -0.1) is 11.6 Å². The van der Waals surface area contributed by atoms with Crippen LogP contribution in [-0.2, 0) is 0 Å². The third kappa shape index (κ3) is 3.81. The van der Waals surface area contributed by atoms with Gasteiger partial charge < -0.3 is 4.90 Å². The van der Waals surface area contributed by atoms with Gasteiger partial charge in [-0.25, -0.2) is 0 Å². The number of nitrogens with zero attached hydrogens (tertiary/aromatic N) is 1. The minimum atomic E-state index is -0.0466. The lowest BCUT2D eigenvalue weighted by Crippen LogP contribution is -2.26. The molecule has 16 heavy (non-hydrogen) atoms. The lowest BCUT2D eigenvalue weighted by atomic mass is 10.1. The quantitative estimate of drug-likeness (QED) is 0.712. The monoisotopic (exact) mass is 279 g/mol. The first-order valence-electron chi connectivity index (χ1n) is 5.39. The summed E-state index contributed by atoms with van der Waals surface area (Å²) in [7, 11) is 0. The average molecular weight is 281 g/mol. The summed E-state index contributed by atoms with van der Waals surface area (Å²) in [4.78, 5) is 2.28. The summed E-state index contributed by atoms with van der Waals surface area (Å²) in [5, 5.41) is 1.08. The van der Waals surface area contributed by atoms with Crippen LogP contribution in [0.5, 0.6) is 0 Å². The van der Waals surface area contributed by atoms with Crippen molar-refractivity contribution in [3.8, 4) is 0 Å². The van der Waals surface area contributed by atoms with E-state index < -0.39 is 0 Å². The molecule has 0 radical (unpaired) electrons. The standard InChI is InChI=1S/C12H16Cl3N/c1-3-16(4-2)8-12(15)9-5-6-10(13)11(14)7-9/h5-7,12H,3-4,8H2,1-2H3. The fourth-order valence-corrected chi connectivity index (χ4v) is 2.16. The molecule has 0 N–H and O–H groups in total. The largest absolute Gasteiger partial charge is 0.302 e. The van der Waals surface area contributed by atoms with Crippen LogP contribution in [0, 0.1) is 0 Å². The molecule has 90 valence electrons. The highest BCUT2D eigenvalue weighted by Gasteiger charge is 2.12. The fraction of sp³-hybridized carbons (Fsp3) is 0.500. The van der Waals surface area contributed by atoms with Gasteiger partial charge in [-0.1, -0.05) is 43.1 Å². The van der Waals surface area contributed by atoms with E-state index >= 15 is 0 Å². The summed E-state index contributed by atoms with van der Waals surface area (Å²) in [6, 6.07) is 5.55. The Morgan fingerprint density at radius 3 is 2.25 bits per heavy atom. The molecule has 0 aliphatic carbocycles. The second kappa shape index (κ2) is 6.70. The van der Waals surface area contributed by atoms with E-state index in [9.17, 15) is 0 Å². The Morgan fingerprint density at radius 2 is 1.75 bits per heavy atom. The second-order valence-electron chi connectivity index (χ2n) is 3.63. The first kappa shape index (κ1) is 14.1. The van der Waals surface area contributed by atoms with Gasteiger partial charge in [0.1, 0.15) is 0 Å². The summed E-state index contributed by atoms with van der Waals surface area (Å²) >= 11 is 18.2. The molecule has 0 aliphatic heterocycles. The van der Waals surface area contributed by atoms with E-state index in [2.05, 4.69) is 18.7 Å². The van der Waals surface area contributed by atoms with Crippen LogP contribution in [0.3, 0.4) is 0 Å². The maximum atomic E-state index is 6.34. The van der Waals surface area contributed by atoms with Crippen LogP contribution in [0.15, 0.2) is 18.2 Å². The van der Waals surface area contributed by atoms with Crippen molar-refractivity contribution >= 4 is 34.8 Å². The predicted molar refractivity (Wildman–Crippen MR) is 72.8 cm³/mol. The highest BCUT2D eigenvalue weighted by Crippen LogP contribution is 2.28. The molecule has 0 saturated heterocycles.